The molecule has 5 nitrogen and oxygen atoms in total. The van der Waals surface area contributed by atoms with Gasteiger partial charge in [-0.05, 0) is 25.0 Å². The van der Waals surface area contributed by atoms with Gasteiger partial charge in [-0.1, -0.05) is 11.8 Å². The number of pyridine rings is 1. The summed E-state index contributed by atoms with van der Waals surface area (Å²) in [6.07, 6.45) is 3.33. The number of rotatable bonds is 2. The van der Waals surface area contributed by atoms with Gasteiger partial charge >= 0.3 is 0 Å². The van der Waals surface area contributed by atoms with E-state index >= 15 is 0 Å². The Hall–Kier alpha value is -1.90. The minimum Gasteiger partial charge on any atom is -0.381 e. The van der Waals surface area contributed by atoms with Gasteiger partial charge in [0.2, 0.25) is 0 Å². The van der Waals surface area contributed by atoms with Crippen LogP contribution >= 0.6 is 0 Å². The molecule has 0 aromatic carbocycles. The highest BCUT2D eigenvalue weighted by atomic mass is 16.5. The Balaban J connectivity index is 2.19. The van der Waals surface area contributed by atoms with E-state index in [1.807, 2.05) is 7.05 Å². The lowest BCUT2D eigenvalue weighted by Gasteiger charge is -2.31. The number of carbonyl (C=O) groups excluding carboxylic acids is 1. The van der Waals surface area contributed by atoms with E-state index < -0.39 is 0 Å². The predicted octanol–water partition coefficient (Wildman–Crippen LogP) is 0.643. The first-order valence-corrected chi connectivity index (χ1v) is 6.73. The molecule has 20 heavy (non-hydrogen) atoms. The van der Waals surface area contributed by atoms with Gasteiger partial charge in [0.05, 0.1) is 12.1 Å². The third-order valence-electron chi connectivity index (χ3n) is 3.39. The molecule has 5 heteroatoms. The van der Waals surface area contributed by atoms with E-state index in [0.29, 0.717) is 24.5 Å². The van der Waals surface area contributed by atoms with Crippen molar-refractivity contribution in [2.45, 2.75) is 18.9 Å². The van der Waals surface area contributed by atoms with Crippen LogP contribution in [0, 0.1) is 11.8 Å². The zero-order valence-corrected chi connectivity index (χ0v) is 11.6. The average Bonchev–Trinajstić information content (AvgIpc) is 2.52. The van der Waals surface area contributed by atoms with E-state index in [-0.39, 0.29) is 18.5 Å². The summed E-state index contributed by atoms with van der Waals surface area (Å²) in [5.41, 5.74) is 6.39. The van der Waals surface area contributed by atoms with Crippen LogP contribution in [0.15, 0.2) is 18.3 Å². The molecule has 0 aliphatic carbocycles. The molecular weight excluding hydrogens is 254 g/mol. The van der Waals surface area contributed by atoms with Crippen LogP contribution in [0.2, 0.25) is 0 Å². The summed E-state index contributed by atoms with van der Waals surface area (Å²) < 4.78 is 5.32. The zero-order chi connectivity index (χ0) is 14.4. The van der Waals surface area contributed by atoms with E-state index in [1.165, 1.54) is 0 Å². The van der Waals surface area contributed by atoms with Crippen LogP contribution in [0.1, 0.15) is 28.9 Å². The minimum absolute atomic E-state index is 0.0983. The minimum atomic E-state index is -0.0983. The van der Waals surface area contributed by atoms with Crippen molar-refractivity contribution in [1.29, 1.82) is 0 Å². The van der Waals surface area contributed by atoms with Crippen LogP contribution in [0.4, 0.5) is 0 Å². The van der Waals surface area contributed by atoms with Crippen LogP contribution < -0.4 is 5.73 Å². The number of amides is 1. The van der Waals surface area contributed by atoms with Gasteiger partial charge in [-0.15, -0.1) is 0 Å². The van der Waals surface area contributed by atoms with Gasteiger partial charge in [-0.2, -0.15) is 0 Å². The van der Waals surface area contributed by atoms with Crippen molar-refractivity contribution in [3.63, 3.8) is 0 Å². The van der Waals surface area contributed by atoms with E-state index in [4.69, 9.17) is 10.5 Å². The standard InChI is InChI=1S/C15H19N3O2/c1-18(13-6-10-20-11-7-13)15(19)14-12(4-2-8-16)5-3-9-17-14/h3,5,9,13H,6-8,10-11,16H2,1H3. The third-order valence-corrected chi connectivity index (χ3v) is 3.39. The highest BCUT2D eigenvalue weighted by Gasteiger charge is 2.25. The third kappa shape index (κ3) is 3.35. The van der Waals surface area contributed by atoms with Crippen molar-refractivity contribution in [3.8, 4) is 11.8 Å². The van der Waals surface area contributed by atoms with Crippen molar-refractivity contribution in [1.82, 2.24) is 9.88 Å². The molecule has 1 aliphatic heterocycles. The molecule has 0 saturated carbocycles. The van der Waals surface area contributed by atoms with E-state index in [0.717, 1.165) is 12.8 Å². The van der Waals surface area contributed by atoms with Gasteiger partial charge in [0.25, 0.3) is 5.91 Å². The first-order valence-electron chi connectivity index (χ1n) is 6.73. The molecule has 1 saturated heterocycles. The van der Waals surface area contributed by atoms with Gasteiger partial charge in [-0.25, -0.2) is 4.98 Å². The lowest BCUT2D eigenvalue weighted by molar-refractivity contribution is 0.0358. The number of nitrogens with two attached hydrogens (primary N) is 1. The topological polar surface area (TPSA) is 68.5 Å². The average molecular weight is 273 g/mol. The Morgan fingerprint density at radius 1 is 1.55 bits per heavy atom. The fraction of sp³-hybridized carbons (Fsp3) is 0.467. The number of hydrogen-bond acceptors (Lipinski definition) is 4. The maximum atomic E-state index is 12.6. The SMILES string of the molecule is CN(C(=O)c1ncccc1C#CCN)C1CCOCC1. The molecule has 1 aromatic heterocycles. The number of hydrogen-bond donors (Lipinski definition) is 1. The second-order valence-corrected chi connectivity index (χ2v) is 4.67. The molecule has 2 rings (SSSR count). The summed E-state index contributed by atoms with van der Waals surface area (Å²) in [7, 11) is 1.81. The molecule has 2 heterocycles. The Kier molecular flexibility index (Phi) is 5.10. The molecule has 0 spiro atoms. The smallest absolute Gasteiger partial charge is 0.273 e. The van der Waals surface area contributed by atoms with Crippen molar-refractivity contribution in [3.05, 3.63) is 29.6 Å². The molecule has 106 valence electrons. The number of nitrogens with zero attached hydrogens (tertiary/aromatic N) is 2. The fourth-order valence-electron chi connectivity index (χ4n) is 2.23. The number of carbonyl (C=O) groups is 1. The monoisotopic (exact) mass is 273 g/mol. The van der Waals surface area contributed by atoms with E-state index in [9.17, 15) is 4.79 Å². The molecule has 0 unspecified atom stereocenters. The molecule has 1 aliphatic rings. The van der Waals surface area contributed by atoms with Crippen molar-refractivity contribution in [2.24, 2.45) is 5.73 Å². The molecular formula is C15H19N3O2. The van der Waals surface area contributed by atoms with Gasteiger partial charge in [0.15, 0.2) is 0 Å². The van der Waals surface area contributed by atoms with E-state index in [2.05, 4.69) is 16.8 Å². The van der Waals surface area contributed by atoms with Gasteiger partial charge in [0, 0.05) is 32.5 Å². The first kappa shape index (κ1) is 14.5. The summed E-state index contributed by atoms with van der Waals surface area (Å²) in [4.78, 5) is 18.5. The Morgan fingerprint density at radius 2 is 2.30 bits per heavy atom. The first-order chi connectivity index (χ1) is 9.74. The quantitative estimate of drug-likeness (QED) is 0.803. The second kappa shape index (κ2) is 7.04. The summed E-state index contributed by atoms with van der Waals surface area (Å²) in [5, 5.41) is 0. The highest BCUT2D eigenvalue weighted by Crippen LogP contribution is 2.16. The van der Waals surface area contributed by atoms with Crippen LogP contribution in [0.5, 0.6) is 0 Å². The lowest BCUT2D eigenvalue weighted by atomic mass is 10.1. The molecule has 2 N–H and O–H groups in total. The summed E-state index contributed by atoms with van der Waals surface area (Å²) in [6.45, 7) is 1.66. The zero-order valence-electron chi connectivity index (χ0n) is 11.6. The van der Waals surface area contributed by atoms with Crippen molar-refractivity contribution >= 4 is 5.91 Å². The summed E-state index contributed by atoms with van der Waals surface area (Å²) >= 11 is 0. The maximum absolute atomic E-state index is 12.6. The van der Waals surface area contributed by atoms with Crippen LogP contribution in [-0.4, -0.2) is 48.6 Å². The Labute approximate surface area is 119 Å². The van der Waals surface area contributed by atoms with Gasteiger partial charge in [0.1, 0.15) is 5.69 Å². The summed E-state index contributed by atoms with van der Waals surface area (Å²) in [6, 6.07) is 3.76. The van der Waals surface area contributed by atoms with Gasteiger partial charge < -0.3 is 15.4 Å². The van der Waals surface area contributed by atoms with Crippen molar-refractivity contribution < 1.29 is 9.53 Å². The Morgan fingerprint density at radius 3 is 3.00 bits per heavy atom. The fourth-order valence-corrected chi connectivity index (χ4v) is 2.23. The lowest BCUT2D eigenvalue weighted by Crippen LogP contribution is -2.41. The second-order valence-electron chi connectivity index (χ2n) is 4.67. The number of ether oxygens (including phenoxy) is 1. The number of aromatic nitrogens is 1. The van der Waals surface area contributed by atoms with Crippen LogP contribution in [-0.2, 0) is 4.74 Å². The normalized spacial score (nSPS) is 15.3. The molecule has 0 radical (unpaired) electrons. The van der Waals surface area contributed by atoms with Gasteiger partial charge in [-0.3, -0.25) is 4.79 Å². The van der Waals surface area contributed by atoms with Crippen molar-refractivity contribution in [2.75, 3.05) is 26.8 Å². The molecule has 1 fully saturated rings. The highest BCUT2D eigenvalue weighted by molar-refractivity contribution is 5.94. The molecule has 0 bridgehead atoms. The molecule has 1 aromatic rings. The molecule has 0 atom stereocenters. The molecule has 1 amide bonds. The Bertz CT molecular complexity index is 527. The van der Waals surface area contributed by atoms with E-state index in [1.54, 1.807) is 23.2 Å². The largest absolute Gasteiger partial charge is 0.381 e. The van der Waals surface area contributed by atoms with Crippen LogP contribution in [0.25, 0.3) is 0 Å². The maximum Gasteiger partial charge on any atom is 0.273 e. The van der Waals surface area contributed by atoms with Crippen LogP contribution in [0.3, 0.4) is 0 Å². The predicted molar refractivity (Wildman–Crippen MR) is 76.1 cm³/mol. The summed E-state index contributed by atoms with van der Waals surface area (Å²) in [5.74, 6) is 5.57.